The molecular formula is C13H18F3NO. The number of halogens is 3. The summed E-state index contributed by atoms with van der Waals surface area (Å²) in [5.74, 6) is 0.366. The second-order valence-electron chi connectivity index (χ2n) is 4.75. The monoisotopic (exact) mass is 261 g/mol. The minimum atomic E-state index is -4.64. The van der Waals surface area contributed by atoms with Crippen molar-refractivity contribution in [1.82, 2.24) is 0 Å². The van der Waals surface area contributed by atoms with Gasteiger partial charge in [0.05, 0.1) is 0 Å². The van der Waals surface area contributed by atoms with Crippen LogP contribution in [0.3, 0.4) is 0 Å². The van der Waals surface area contributed by atoms with Crippen LogP contribution in [-0.2, 0) is 0 Å². The van der Waals surface area contributed by atoms with Crippen LogP contribution in [0, 0.1) is 5.92 Å². The summed E-state index contributed by atoms with van der Waals surface area (Å²) in [5, 5.41) is 3.23. The molecule has 1 N–H and O–H groups in total. The molecule has 0 aliphatic rings. The molecule has 1 atom stereocenters. The van der Waals surface area contributed by atoms with Crippen molar-refractivity contribution in [3.63, 3.8) is 0 Å². The summed E-state index contributed by atoms with van der Waals surface area (Å²) < 4.78 is 39.7. The zero-order valence-corrected chi connectivity index (χ0v) is 10.7. The Morgan fingerprint density at radius 1 is 1.11 bits per heavy atom. The maximum atomic E-state index is 12.0. The van der Waals surface area contributed by atoms with Gasteiger partial charge in [-0.3, -0.25) is 0 Å². The van der Waals surface area contributed by atoms with E-state index in [-0.39, 0.29) is 11.8 Å². The normalized spacial score (nSPS) is 13.5. The lowest BCUT2D eigenvalue weighted by Crippen LogP contribution is -2.18. The van der Waals surface area contributed by atoms with Crippen LogP contribution in [0.5, 0.6) is 5.75 Å². The molecule has 0 amide bonds. The van der Waals surface area contributed by atoms with Gasteiger partial charge in [0.15, 0.2) is 0 Å². The quantitative estimate of drug-likeness (QED) is 0.846. The second-order valence-corrected chi connectivity index (χ2v) is 4.75. The van der Waals surface area contributed by atoms with Crippen molar-refractivity contribution >= 4 is 5.69 Å². The highest BCUT2D eigenvalue weighted by atomic mass is 19.4. The number of benzene rings is 1. The average Bonchev–Trinajstić information content (AvgIpc) is 2.17. The van der Waals surface area contributed by atoms with Gasteiger partial charge in [-0.05, 0) is 43.5 Å². The maximum Gasteiger partial charge on any atom is 0.573 e. The van der Waals surface area contributed by atoms with Gasteiger partial charge in [-0.25, -0.2) is 0 Å². The number of alkyl halides is 3. The molecule has 2 nitrogen and oxygen atoms in total. The van der Waals surface area contributed by atoms with Crippen molar-refractivity contribution in [2.45, 2.75) is 39.6 Å². The molecule has 0 bridgehead atoms. The summed E-state index contributed by atoms with van der Waals surface area (Å²) in [5.41, 5.74) is 0.790. The minimum Gasteiger partial charge on any atom is -0.406 e. The molecule has 0 aliphatic heterocycles. The first-order valence-corrected chi connectivity index (χ1v) is 5.88. The second kappa shape index (κ2) is 5.98. The molecule has 0 aromatic heterocycles. The van der Waals surface area contributed by atoms with E-state index in [1.807, 2.05) is 6.92 Å². The fraction of sp³-hybridized carbons (Fsp3) is 0.538. The van der Waals surface area contributed by atoms with Crippen LogP contribution < -0.4 is 10.1 Å². The topological polar surface area (TPSA) is 21.3 Å². The third-order valence-electron chi connectivity index (χ3n) is 2.33. The first-order chi connectivity index (χ1) is 8.26. The molecule has 0 saturated carbocycles. The van der Waals surface area contributed by atoms with Crippen molar-refractivity contribution in [3.05, 3.63) is 24.3 Å². The van der Waals surface area contributed by atoms with Gasteiger partial charge >= 0.3 is 6.36 Å². The molecule has 1 aromatic rings. The fourth-order valence-electron chi connectivity index (χ4n) is 1.80. The van der Waals surface area contributed by atoms with E-state index in [1.54, 1.807) is 12.1 Å². The summed E-state index contributed by atoms with van der Waals surface area (Å²) >= 11 is 0. The lowest BCUT2D eigenvalue weighted by Gasteiger charge is -2.17. The van der Waals surface area contributed by atoms with Crippen LogP contribution in [0.1, 0.15) is 27.2 Å². The van der Waals surface area contributed by atoms with Crippen LogP contribution in [0.15, 0.2) is 24.3 Å². The maximum absolute atomic E-state index is 12.0. The summed E-state index contributed by atoms with van der Waals surface area (Å²) in [6, 6.07) is 6.05. The van der Waals surface area contributed by atoms with Crippen molar-refractivity contribution in [2.75, 3.05) is 5.32 Å². The predicted octanol–water partition coefficient (Wildman–Crippen LogP) is 4.43. The first kappa shape index (κ1) is 14.7. The lowest BCUT2D eigenvalue weighted by atomic mass is 10.1. The van der Waals surface area contributed by atoms with E-state index in [0.29, 0.717) is 5.92 Å². The Hall–Kier alpha value is -1.39. The van der Waals surface area contributed by atoms with Crippen molar-refractivity contribution in [1.29, 1.82) is 0 Å². The molecule has 18 heavy (non-hydrogen) atoms. The van der Waals surface area contributed by atoms with Gasteiger partial charge in [0.1, 0.15) is 5.75 Å². The molecule has 1 rings (SSSR count). The van der Waals surface area contributed by atoms with Crippen LogP contribution in [0.2, 0.25) is 0 Å². The summed E-state index contributed by atoms with van der Waals surface area (Å²) in [4.78, 5) is 0. The van der Waals surface area contributed by atoms with E-state index in [9.17, 15) is 13.2 Å². The van der Waals surface area contributed by atoms with Gasteiger partial charge in [0.25, 0.3) is 0 Å². The van der Waals surface area contributed by atoms with Crippen molar-refractivity contribution < 1.29 is 17.9 Å². The third kappa shape index (κ3) is 5.80. The highest BCUT2D eigenvalue weighted by molar-refractivity contribution is 5.46. The smallest absolute Gasteiger partial charge is 0.406 e. The summed E-state index contributed by atoms with van der Waals surface area (Å²) in [6.45, 7) is 6.29. The molecule has 102 valence electrons. The Bertz CT molecular complexity index is 359. The molecule has 5 heteroatoms. The number of ether oxygens (including phenoxy) is 1. The number of rotatable bonds is 5. The van der Waals surface area contributed by atoms with Gasteiger partial charge in [-0.2, -0.15) is 0 Å². The predicted molar refractivity (Wildman–Crippen MR) is 65.7 cm³/mol. The van der Waals surface area contributed by atoms with Crippen molar-refractivity contribution in [2.24, 2.45) is 5.92 Å². The Morgan fingerprint density at radius 3 is 2.11 bits per heavy atom. The largest absolute Gasteiger partial charge is 0.573 e. The molecule has 0 spiro atoms. The van der Waals surface area contributed by atoms with Crippen LogP contribution in [-0.4, -0.2) is 12.4 Å². The Morgan fingerprint density at radius 2 is 1.67 bits per heavy atom. The zero-order chi connectivity index (χ0) is 13.8. The molecule has 0 radical (unpaired) electrons. The molecule has 0 heterocycles. The molecular weight excluding hydrogens is 243 g/mol. The van der Waals surface area contributed by atoms with Gasteiger partial charge in [-0.1, -0.05) is 13.8 Å². The Kier molecular flexibility index (Phi) is 4.87. The SMILES string of the molecule is CC(C)CC(C)Nc1ccc(OC(F)(F)F)cc1. The summed E-state index contributed by atoms with van der Waals surface area (Å²) in [6.07, 6.45) is -3.64. The minimum absolute atomic E-state index is 0.204. The van der Waals surface area contributed by atoms with Gasteiger partial charge in [0.2, 0.25) is 0 Å². The highest BCUT2D eigenvalue weighted by Gasteiger charge is 2.30. The Balaban J connectivity index is 2.55. The first-order valence-electron chi connectivity index (χ1n) is 5.88. The Labute approximate surface area is 105 Å². The van der Waals surface area contributed by atoms with Gasteiger partial charge in [-0.15, -0.1) is 13.2 Å². The lowest BCUT2D eigenvalue weighted by molar-refractivity contribution is -0.274. The van der Waals surface area contributed by atoms with E-state index in [2.05, 4.69) is 23.9 Å². The van der Waals surface area contributed by atoms with E-state index in [1.165, 1.54) is 12.1 Å². The number of anilines is 1. The number of hydrogen-bond acceptors (Lipinski definition) is 2. The standard InChI is InChI=1S/C13H18F3NO/c1-9(2)8-10(3)17-11-4-6-12(7-5-11)18-13(14,15)16/h4-7,9-10,17H,8H2,1-3H3. The molecule has 1 aromatic carbocycles. The average molecular weight is 261 g/mol. The van der Waals surface area contributed by atoms with E-state index in [4.69, 9.17) is 0 Å². The van der Waals surface area contributed by atoms with E-state index in [0.717, 1.165) is 12.1 Å². The fourth-order valence-corrected chi connectivity index (χ4v) is 1.80. The van der Waals surface area contributed by atoms with Crippen LogP contribution in [0.25, 0.3) is 0 Å². The van der Waals surface area contributed by atoms with Crippen LogP contribution >= 0.6 is 0 Å². The zero-order valence-electron chi connectivity index (χ0n) is 10.7. The number of hydrogen-bond donors (Lipinski definition) is 1. The molecule has 0 aliphatic carbocycles. The van der Waals surface area contributed by atoms with E-state index < -0.39 is 6.36 Å². The molecule has 0 fully saturated rings. The highest BCUT2D eigenvalue weighted by Crippen LogP contribution is 2.24. The van der Waals surface area contributed by atoms with Gasteiger partial charge < -0.3 is 10.1 Å². The van der Waals surface area contributed by atoms with Crippen molar-refractivity contribution in [3.8, 4) is 5.75 Å². The molecule has 0 saturated heterocycles. The van der Waals surface area contributed by atoms with Gasteiger partial charge in [0, 0.05) is 11.7 Å². The molecule has 1 unspecified atom stereocenters. The number of nitrogens with one attached hydrogen (secondary N) is 1. The third-order valence-corrected chi connectivity index (χ3v) is 2.33. The summed E-state index contributed by atoms with van der Waals surface area (Å²) in [7, 11) is 0. The van der Waals surface area contributed by atoms with E-state index >= 15 is 0 Å². The van der Waals surface area contributed by atoms with Crippen LogP contribution in [0.4, 0.5) is 18.9 Å².